The second-order valence-electron chi connectivity index (χ2n) is 6.77. The summed E-state index contributed by atoms with van der Waals surface area (Å²) in [6.07, 6.45) is 1.41. The number of aliphatic carboxylic acids is 1. The summed E-state index contributed by atoms with van der Waals surface area (Å²) in [6, 6.07) is 12.1. The van der Waals surface area contributed by atoms with Gasteiger partial charge in [-0.05, 0) is 42.0 Å². The first-order valence-corrected chi connectivity index (χ1v) is 10.3. The van der Waals surface area contributed by atoms with Gasteiger partial charge in [0.25, 0.3) is 5.69 Å². The van der Waals surface area contributed by atoms with Crippen molar-refractivity contribution >= 4 is 21.7 Å². The molecule has 1 heterocycles. The van der Waals surface area contributed by atoms with Crippen molar-refractivity contribution in [3.8, 4) is 0 Å². The van der Waals surface area contributed by atoms with Gasteiger partial charge < -0.3 is 5.11 Å². The Labute approximate surface area is 162 Å². The normalized spacial score (nSPS) is 17.9. The molecule has 1 atom stereocenters. The molecule has 0 amide bonds. The molecule has 1 fully saturated rings. The Hall–Kier alpha value is -2.78. The Morgan fingerprint density at radius 2 is 1.93 bits per heavy atom. The smallest absolute Gasteiger partial charge is 0.307 e. The quantitative estimate of drug-likeness (QED) is 0.584. The summed E-state index contributed by atoms with van der Waals surface area (Å²) in [4.78, 5) is 21.2. The molecule has 0 aliphatic carbocycles. The molecular formula is C19H20N2O6S. The van der Waals surface area contributed by atoms with Gasteiger partial charge in [-0.15, -0.1) is 0 Å². The zero-order chi connectivity index (χ0) is 20.3. The van der Waals surface area contributed by atoms with Gasteiger partial charge in [-0.2, -0.15) is 4.31 Å². The lowest BCUT2D eigenvalue weighted by atomic mass is 9.90. The van der Waals surface area contributed by atoms with E-state index in [4.69, 9.17) is 5.11 Å². The molecule has 0 spiro atoms. The molecule has 28 heavy (non-hydrogen) atoms. The van der Waals surface area contributed by atoms with Crippen LogP contribution >= 0.6 is 0 Å². The van der Waals surface area contributed by atoms with Crippen molar-refractivity contribution in [3.05, 3.63) is 69.8 Å². The molecule has 3 rings (SSSR count). The van der Waals surface area contributed by atoms with Crippen molar-refractivity contribution < 1.29 is 23.2 Å². The van der Waals surface area contributed by atoms with Crippen LogP contribution in [0.15, 0.2) is 53.4 Å². The SMILES string of the molecule is O=C(O)Cc1cccc(C2CCCN(S(=O)(=O)c3ccc([N+](=O)[O-])cc3)C2)c1. The maximum Gasteiger partial charge on any atom is 0.307 e. The minimum absolute atomic E-state index is 0.0263. The highest BCUT2D eigenvalue weighted by molar-refractivity contribution is 7.89. The molecule has 1 saturated heterocycles. The number of piperidine rings is 1. The lowest BCUT2D eigenvalue weighted by molar-refractivity contribution is -0.384. The number of hydrogen-bond acceptors (Lipinski definition) is 5. The minimum atomic E-state index is -3.76. The summed E-state index contributed by atoms with van der Waals surface area (Å²) in [5.41, 5.74) is 1.44. The highest BCUT2D eigenvalue weighted by Crippen LogP contribution is 2.31. The first-order chi connectivity index (χ1) is 13.3. The van der Waals surface area contributed by atoms with E-state index in [1.807, 2.05) is 12.1 Å². The van der Waals surface area contributed by atoms with Gasteiger partial charge in [-0.1, -0.05) is 24.3 Å². The van der Waals surface area contributed by atoms with Crippen LogP contribution in [0.4, 0.5) is 5.69 Å². The molecular weight excluding hydrogens is 384 g/mol. The molecule has 0 bridgehead atoms. The third-order valence-corrected chi connectivity index (χ3v) is 6.73. The Morgan fingerprint density at radius 3 is 2.57 bits per heavy atom. The number of carboxylic acids is 1. The molecule has 148 valence electrons. The Balaban J connectivity index is 1.80. The zero-order valence-electron chi connectivity index (χ0n) is 15.0. The van der Waals surface area contributed by atoms with Crippen molar-refractivity contribution in [1.82, 2.24) is 4.31 Å². The molecule has 1 unspecified atom stereocenters. The molecule has 0 radical (unpaired) electrons. The predicted octanol–water partition coefficient (Wildman–Crippen LogP) is 2.79. The number of nitro benzene ring substituents is 1. The van der Waals surface area contributed by atoms with Crippen molar-refractivity contribution in [3.63, 3.8) is 0 Å². The van der Waals surface area contributed by atoms with Crippen LogP contribution in [0.25, 0.3) is 0 Å². The third kappa shape index (κ3) is 4.37. The topological polar surface area (TPSA) is 118 Å². The fourth-order valence-corrected chi connectivity index (χ4v) is 4.98. The minimum Gasteiger partial charge on any atom is -0.481 e. The van der Waals surface area contributed by atoms with E-state index < -0.39 is 20.9 Å². The van der Waals surface area contributed by atoms with Crippen molar-refractivity contribution in [1.29, 1.82) is 0 Å². The first kappa shape index (κ1) is 20.0. The van der Waals surface area contributed by atoms with Gasteiger partial charge in [0, 0.05) is 25.2 Å². The summed E-state index contributed by atoms with van der Waals surface area (Å²) >= 11 is 0. The lowest BCUT2D eigenvalue weighted by Crippen LogP contribution is -2.39. The van der Waals surface area contributed by atoms with E-state index >= 15 is 0 Å². The van der Waals surface area contributed by atoms with Crippen molar-refractivity contribution in [2.75, 3.05) is 13.1 Å². The fraction of sp³-hybridized carbons (Fsp3) is 0.316. The second kappa shape index (κ2) is 8.07. The molecule has 0 aromatic heterocycles. The first-order valence-electron chi connectivity index (χ1n) is 8.82. The van der Waals surface area contributed by atoms with E-state index in [-0.39, 0.29) is 29.5 Å². The highest BCUT2D eigenvalue weighted by atomic mass is 32.2. The van der Waals surface area contributed by atoms with Crippen LogP contribution in [0.3, 0.4) is 0 Å². The average Bonchev–Trinajstić information content (AvgIpc) is 2.68. The highest BCUT2D eigenvalue weighted by Gasteiger charge is 2.31. The van der Waals surface area contributed by atoms with Gasteiger partial charge in [0.2, 0.25) is 10.0 Å². The van der Waals surface area contributed by atoms with Crippen molar-refractivity contribution in [2.24, 2.45) is 0 Å². The van der Waals surface area contributed by atoms with E-state index in [2.05, 4.69) is 0 Å². The molecule has 8 nitrogen and oxygen atoms in total. The summed E-state index contributed by atoms with van der Waals surface area (Å²) < 4.78 is 27.3. The molecule has 0 saturated carbocycles. The van der Waals surface area contributed by atoms with E-state index in [1.165, 1.54) is 28.6 Å². The summed E-state index contributed by atoms with van der Waals surface area (Å²) in [5, 5.41) is 19.7. The maximum atomic E-state index is 12.9. The number of nitrogens with zero attached hydrogens (tertiary/aromatic N) is 2. The second-order valence-corrected chi connectivity index (χ2v) is 8.71. The van der Waals surface area contributed by atoms with Gasteiger partial charge in [0.1, 0.15) is 0 Å². The Bertz CT molecular complexity index is 988. The van der Waals surface area contributed by atoms with Crippen molar-refractivity contribution in [2.45, 2.75) is 30.1 Å². The van der Waals surface area contributed by atoms with Gasteiger partial charge in [-0.3, -0.25) is 14.9 Å². The standard InChI is InChI=1S/C19H20N2O6S/c22-19(23)12-14-3-1-4-15(11-14)16-5-2-10-20(13-16)28(26,27)18-8-6-17(7-9-18)21(24)25/h1,3-4,6-9,11,16H,2,5,10,12-13H2,(H,22,23). The van der Waals surface area contributed by atoms with E-state index in [9.17, 15) is 23.3 Å². The average molecular weight is 404 g/mol. The summed E-state index contributed by atoms with van der Waals surface area (Å²) in [6.45, 7) is 0.667. The molecule has 1 N–H and O–H groups in total. The largest absolute Gasteiger partial charge is 0.481 e. The Morgan fingerprint density at radius 1 is 1.21 bits per heavy atom. The number of non-ortho nitro benzene ring substituents is 1. The fourth-order valence-electron chi connectivity index (χ4n) is 3.45. The number of benzene rings is 2. The van der Waals surface area contributed by atoms with E-state index in [0.717, 1.165) is 12.0 Å². The van der Waals surface area contributed by atoms with Crippen LogP contribution in [0.1, 0.15) is 29.9 Å². The Kier molecular flexibility index (Phi) is 5.76. The van der Waals surface area contributed by atoms with Crippen LogP contribution in [0.2, 0.25) is 0 Å². The van der Waals surface area contributed by atoms with Gasteiger partial charge >= 0.3 is 5.97 Å². The summed E-state index contributed by atoms with van der Waals surface area (Å²) in [7, 11) is -3.76. The van der Waals surface area contributed by atoms with Crippen LogP contribution in [-0.4, -0.2) is 41.8 Å². The van der Waals surface area contributed by atoms with Gasteiger partial charge in [0.05, 0.1) is 16.2 Å². The molecule has 2 aromatic rings. The molecule has 2 aromatic carbocycles. The molecule has 9 heteroatoms. The number of nitro groups is 1. The van der Waals surface area contributed by atoms with Crippen LogP contribution in [-0.2, 0) is 21.2 Å². The van der Waals surface area contributed by atoms with E-state index in [1.54, 1.807) is 12.1 Å². The van der Waals surface area contributed by atoms with Crippen LogP contribution in [0.5, 0.6) is 0 Å². The van der Waals surface area contributed by atoms with Crippen LogP contribution < -0.4 is 0 Å². The van der Waals surface area contributed by atoms with Gasteiger partial charge in [0.15, 0.2) is 0 Å². The number of hydrogen-bond donors (Lipinski definition) is 1. The monoisotopic (exact) mass is 404 g/mol. The molecule has 1 aliphatic rings. The predicted molar refractivity (Wildman–Crippen MR) is 102 cm³/mol. The lowest BCUT2D eigenvalue weighted by Gasteiger charge is -2.32. The summed E-state index contributed by atoms with van der Waals surface area (Å²) in [5.74, 6) is -0.946. The number of carbonyl (C=O) groups is 1. The van der Waals surface area contributed by atoms with Crippen LogP contribution in [0, 0.1) is 10.1 Å². The van der Waals surface area contributed by atoms with Gasteiger partial charge in [-0.25, -0.2) is 8.42 Å². The number of sulfonamides is 1. The van der Waals surface area contributed by atoms with E-state index in [0.29, 0.717) is 18.5 Å². The third-order valence-electron chi connectivity index (χ3n) is 4.85. The number of rotatable bonds is 6. The molecule has 1 aliphatic heterocycles. The zero-order valence-corrected chi connectivity index (χ0v) is 15.8. The number of carboxylic acid groups (broad SMARTS) is 1. The maximum absolute atomic E-state index is 12.9.